The molecule has 1 aromatic carbocycles. The molecule has 0 aliphatic heterocycles. The van der Waals surface area contributed by atoms with Crippen LogP contribution in [0.4, 0.5) is 5.69 Å². The van der Waals surface area contributed by atoms with Crippen LogP contribution in [0.2, 0.25) is 0 Å². The predicted octanol–water partition coefficient (Wildman–Crippen LogP) is 1.50. The maximum Gasteiger partial charge on any atom is 0.273 e. The molecule has 7 nitrogen and oxygen atoms in total. The molecular weight excluding hydrogens is 252 g/mol. The van der Waals surface area contributed by atoms with Crippen molar-refractivity contribution in [2.24, 2.45) is 5.16 Å². The topological polar surface area (TPSA) is 89.4 Å². The number of hydrogen-bond donors (Lipinski definition) is 2. The van der Waals surface area contributed by atoms with E-state index in [9.17, 15) is 4.79 Å². The van der Waals surface area contributed by atoms with Gasteiger partial charge in [-0.25, -0.2) is 0 Å². The van der Waals surface area contributed by atoms with E-state index in [0.717, 1.165) is 0 Å². The molecule has 0 fully saturated rings. The van der Waals surface area contributed by atoms with Gasteiger partial charge in [0.15, 0.2) is 0 Å². The van der Waals surface area contributed by atoms with Crippen LogP contribution in [-0.2, 0) is 4.79 Å². The zero-order chi connectivity index (χ0) is 14.4. The van der Waals surface area contributed by atoms with Crippen molar-refractivity contribution in [2.75, 3.05) is 26.6 Å². The van der Waals surface area contributed by atoms with Crippen molar-refractivity contribution in [1.82, 2.24) is 0 Å². The number of anilines is 1. The van der Waals surface area contributed by atoms with Crippen LogP contribution in [0.5, 0.6) is 17.2 Å². The van der Waals surface area contributed by atoms with E-state index in [4.69, 9.17) is 19.4 Å². The fraction of sp³-hybridized carbons (Fsp3) is 0.333. The van der Waals surface area contributed by atoms with Crippen LogP contribution < -0.4 is 19.5 Å². The van der Waals surface area contributed by atoms with Gasteiger partial charge in [-0.1, -0.05) is 5.16 Å². The predicted molar refractivity (Wildman–Crippen MR) is 69.6 cm³/mol. The summed E-state index contributed by atoms with van der Waals surface area (Å²) in [6.45, 7) is 1.37. The molecule has 0 bridgehead atoms. The molecule has 0 unspecified atom stereocenters. The molecule has 1 aromatic rings. The van der Waals surface area contributed by atoms with E-state index in [-0.39, 0.29) is 5.71 Å². The van der Waals surface area contributed by atoms with E-state index < -0.39 is 5.91 Å². The molecule has 7 heteroatoms. The van der Waals surface area contributed by atoms with E-state index >= 15 is 0 Å². The lowest BCUT2D eigenvalue weighted by Crippen LogP contribution is -2.21. The molecule has 0 heterocycles. The van der Waals surface area contributed by atoms with E-state index in [2.05, 4.69) is 10.5 Å². The molecule has 0 saturated carbocycles. The lowest BCUT2D eigenvalue weighted by atomic mass is 10.2. The van der Waals surface area contributed by atoms with E-state index in [1.807, 2.05) is 0 Å². The van der Waals surface area contributed by atoms with Gasteiger partial charge in [0.2, 0.25) is 0 Å². The van der Waals surface area contributed by atoms with Crippen LogP contribution >= 0.6 is 0 Å². The lowest BCUT2D eigenvalue weighted by molar-refractivity contribution is -0.110. The van der Waals surface area contributed by atoms with Crippen LogP contribution in [0.1, 0.15) is 6.92 Å². The summed E-state index contributed by atoms with van der Waals surface area (Å²) in [5, 5.41) is 13.9. The summed E-state index contributed by atoms with van der Waals surface area (Å²) in [5.74, 6) is 0.703. The molecule has 1 amide bonds. The largest absolute Gasteiger partial charge is 0.496 e. The first-order chi connectivity index (χ1) is 9.07. The van der Waals surface area contributed by atoms with Crippen molar-refractivity contribution >= 4 is 17.3 Å². The van der Waals surface area contributed by atoms with Gasteiger partial charge < -0.3 is 24.7 Å². The number of rotatable bonds is 5. The zero-order valence-electron chi connectivity index (χ0n) is 11.2. The Morgan fingerprint density at radius 1 is 1.16 bits per heavy atom. The van der Waals surface area contributed by atoms with Crippen LogP contribution in [0, 0.1) is 0 Å². The second kappa shape index (κ2) is 6.48. The standard InChI is InChI=1S/C12H16N2O5/c1-7(14-16)12(15)13-11-9(18-3)5-8(17-2)6-10(11)19-4/h5-6,16H,1-4H3,(H,13,15)/b14-7+. The normalized spacial score (nSPS) is 10.8. The highest BCUT2D eigenvalue weighted by Crippen LogP contribution is 2.38. The SMILES string of the molecule is COc1cc(OC)c(NC(=O)/C(C)=N/O)c(OC)c1. The number of ether oxygens (including phenoxy) is 3. The van der Waals surface area contributed by atoms with E-state index in [1.54, 1.807) is 12.1 Å². The van der Waals surface area contributed by atoms with Crippen LogP contribution in [-0.4, -0.2) is 38.2 Å². The number of methoxy groups -OCH3 is 3. The lowest BCUT2D eigenvalue weighted by Gasteiger charge is -2.15. The second-order valence-corrected chi connectivity index (χ2v) is 3.55. The first-order valence-corrected chi connectivity index (χ1v) is 5.37. The number of benzene rings is 1. The number of amides is 1. The summed E-state index contributed by atoms with van der Waals surface area (Å²) >= 11 is 0. The number of carbonyl (C=O) groups is 1. The fourth-order valence-electron chi connectivity index (χ4n) is 1.38. The molecular formula is C12H16N2O5. The van der Waals surface area contributed by atoms with Crippen molar-refractivity contribution in [3.8, 4) is 17.2 Å². The average Bonchev–Trinajstić information content (AvgIpc) is 2.45. The number of nitrogens with zero attached hydrogens (tertiary/aromatic N) is 1. The first-order valence-electron chi connectivity index (χ1n) is 5.37. The smallest absolute Gasteiger partial charge is 0.273 e. The number of hydrogen-bond acceptors (Lipinski definition) is 6. The molecule has 0 aliphatic carbocycles. The van der Waals surface area contributed by atoms with Gasteiger partial charge in [0.1, 0.15) is 28.6 Å². The quantitative estimate of drug-likeness (QED) is 0.480. The Hall–Kier alpha value is -2.44. The third kappa shape index (κ3) is 3.27. The van der Waals surface area contributed by atoms with Crippen LogP contribution in [0.15, 0.2) is 17.3 Å². The highest BCUT2D eigenvalue weighted by atomic mass is 16.5. The van der Waals surface area contributed by atoms with E-state index in [1.165, 1.54) is 28.3 Å². The molecule has 0 spiro atoms. The molecule has 2 N–H and O–H groups in total. The van der Waals surface area contributed by atoms with Gasteiger partial charge >= 0.3 is 0 Å². The van der Waals surface area contributed by atoms with Crippen molar-refractivity contribution in [3.63, 3.8) is 0 Å². The summed E-state index contributed by atoms with van der Waals surface area (Å²) in [4.78, 5) is 11.7. The third-order valence-electron chi connectivity index (χ3n) is 2.43. The Morgan fingerprint density at radius 2 is 1.68 bits per heavy atom. The summed E-state index contributed by atoms with van der Waals surface area (Å²) in [5.41, 5.74) is 0.249. The maximum absolute atomic E-state index is 11.7. The number of carbonyl (C=O) groups excluding carboxylic acids is 1. The highest BCUT2D eigenvalue weighted by Gasteiger charge is 2.17. The van der Waals surface area contributed by atoms with Crippen LogP contribution in [0.3, 0.4) is 0 Å². The van der Waals surface area contributed by atoms with Gasteiger partial charge in [-0.2, -0.15) is 0 Å². The van der Waals surface area contributed by atoms with Gasteiger partial charge in [-0.15, -0.1) is 0 Å². The molecule has 0 radical (unpaired) electrons. The third-order valence-corrected chi connectivity index (χ3v) is 2.43. The van der Waals surface area contributed by atoms with Crippen molar-refractivity contribution < 1.29 is 24.2 Å². The molecule has 0 aliphatic rings. The molecule has 0 aromatic heterocycles. The van der Waals surface area contributed by atoms with E-state index in [0.29, 0.717) is 22.9 Å². The summed E-state index contributed by atoms with van der Waals surface area (Å²) in [6, 6.07) is 3.20. The number of oxime groups is 1. The summed E-state index contributed by atoms with van der Waals surface area (Å²) in [6.07, 6.45) is 0. The molecule has 1 rings (SSSR count). The monoisotopic (exact) mass is 268 g/mol. The van der Waals surface area contributed by atoms with Crippen molar-refractivity contribution in [1.29, 1.82) is 0 Å². The molecule has 0 saturated heterocycles. The minimum Gasteiger partial charge on any atom is -0.496 e. The van der Waals surface area contributed by atoms with Gasteiger partial charge in [-0.05, 0) is 6.92 Å². The Labute approximate surface area is 110 Å². The number of nitrogens with one attached hydrogen (secondary N) is 1. The van der Waals surface area contributed by atoms with Crippen molar-refractivity contribution in [2.45, 2.75) is 6.92 Å². The second-order valence-electron chi connectivity index (χ2n) is 3.55. The minimum absolute atomic E-state index is 0.0834. The van der Waals surface area contributed by atoms with Gasteiger partial charge in [-0.3, -0.25) is 4.79 Å². The Bertz CT molecular complexity index is 474. The molecule has 19 heavy (non-hydrogen) atoms. The molecule has 104 valence electrons. The van der Waals surface area contributed by atoms with Gasteiger partial charge in [0, 0.05) is 12.1 Å². The van der Waals surface area contributed by atoms with Crippen LogP contribution in [0.25, 0.3) is 0 Å². The van der Waals surface area contributed by atoms with Gasteiger partial charge in [0.25, 0.3) is 5.91 Å². The average molecular weight is 268 g/mol. The Balaban J connectivity index is 3.21. The Morgan fingerprint density at radius 3 is 2.05 bits per heavy atom. The van der Waals surface area contributed by atoms with Gasteiger partial charge in [0.05, 0.1) is 21.3 Å². The summed E-state index contributed by atoms with van der Waals surface area (Å²) in [7, 11) is 4.42. The molecule has 0 atom stereocenters. The zero-order valence-corrected chi connectivity index (χ0v) is 11.2. The highest BCUT2D eigenvalue weighted by molar-refractivity contribution is 6.42. The maximum atomic E-state index is 11.7. The minimum atomic E-state index is -0.565. The fourth-order valence-corrected chi connectivity index (χ4v) is 1.38. The van der Waals surface area contributed by atoms with Crippen molar-refractivity contribution in [3.05, 3.63) is 12.1 Å². The first kappa shape index (κ1) is 14.6. The summed E-state index contributed by atoms with van der Waals surface area (Å²) < 4.78 is 15.4. The Kier molecular flexibility index (Phi) is 4.99.